The molecule has 2 rings (SSSR count). The van der Waals surface area contributed by atoms with Crippen molar-refractivity contribution >= 4 is 11.6 Å². The smallest absolute Gasteiger partial charge is 0.125 e. The molecule has 0 saturated heterocycles. The summed E-state index contributed by atoms with van der Waals surface area (Å²) in [6, 6.07) is 14.1. The molecule has 0 atom stereocenters. The zero-order valence-electron chi connectivity index (χ0n) is 11.2. The summed E-state index contributed by atoms with van der Waals surface area (Å²) in [5.41, 5.74) is 3.40. The van der Waals surface area contributed by atoms with Gasteiger partial charge < -0.3 is 10.1 Å². The van der Waals surface area contributed by atoms with Gasteiger partial charge in [0, 0.05) is 17.1 Å². The third-order valence-corrected chi connectivity index (χ3v) is 3.26. The van der Waals surface area contributed by atoms with Crippen LogP contribution < -0.4 is 10.1 Å². The minimum Gasteiger partial charge on any atom is -0.489 e. The molecule has 19 heavy (non-hydrogen) atoms. The molecule has 1 N–H and O–H groups in total. The highest BCUT2D eigenvalue weighted by atomic mass is 35.5. The van der Waals surface area contributed by atoms with Gasteiger partial charge in [0.2, 0.25) is 0 Å². The number of halogens is 1. The second-order valence-electron chi connectivity index (χ2n) is 4.52. The van der Waals surface area contributed by atoms with Crippen LogP contribution in [0.2, 0.25) is 5.02 Å². The van der Waals surface area contributed by atoms with Gasteiger partial charge in [-0.1, -0.05) is 47.5 Å². The first-order valence-electron chi connectivity index (χ1n) is 6.31. The van der Waals surface area contributed by atoms with Crippen molar-refractivity contribution in [3.05, 3.63) is 64.2 Å². The normalized spacial score (nSPS) is 10.5. The van der Waals surface area contributed by atoms with E-state index in [1.165, 1.54) is 5.56 Å². The summed E-state index contributed by atoms with van der Waals surface area (Å²) in [6.07, 6.45) is 0. The van der Waals surface area contributed by atoms with E-state index in [0.29, 0.717) is 13.2 Å². The van der Waals surface area contributed by atoms with Gasteiger partial charge in [-0.05, 0) is 31.7 Å². The van der Waals surface area contributed by atoms with Crippen LogP contribution in [-0.2, 0) is 13.2 Å². The Morgan fingerprint density at radius 2 is 1.95 bits per heavy atom. The monoisotopic (exact) mass is 275 g/mol. The molecule has 100 valence electrons. The van der Waals surface area contributed by atoms with Gasteiger partial charge in [0.25, 0.3) is 0 Å². The number of hydrogen-bond donors (Lipinski definition) is 1. The van der Waals surface area contributed by atoms with E-state index in [2.05, 4.69) is 30.4 Å². The number of benzene rings is 2. The van der Waals surface area contributed by atoms with Gasteiger partial charge in [-0.2, -0.15) is 0 Å². The summed E-state index contributed by atoms with van der Waals surface area (Å²) < 4.78 is 5.89. The molecule has 2 aromatic rings. The van der Waals surface area contributed by atoms with Crippen LogP contribution in [0.25, 0.3) is 0 Å². The fourth-order valence-electron chi connectivity index (χ4n) is 1.99. The van der Waals surface area contributed by atoms with E-state index in [9.17, 15) is 0 Å². The van der Waals surface area contributed by atoms with Crippen LogP contribution in [0.15, 0.2) is 42.5 Å². The highest BCUT2D eigenvalue weighted by Gasteiger charge is 2.07. The molecule has 2 aromatic carbocycles. The Labute approximate surface area is 119 Å². The summed E-state index contributed by atoms with van der Waals surface area (Å²) in [5, 5.41) is 3.84. The lowest BCUT2D eigenvalue weighted by Gasteiger charge is -2.13. The highest BCUT2D eigenvalue weighted by Crippen LogP contribution is 2.27. The maximum atomic E-state index is 6.20. The van der Waals surface area contributed by atoms with Gasteiger partial charge in [-0.3, -0.25) is 0 Å². The van der Waals surface area contributed by atoms with Crippen LogP contribution in [0.1, 0.15) is 16.7 Å². The molecule has 0 aliphatic rings. The van der Waals surface area contributed by atoms with Crippen molar-refractivity contribution < 1.29 is 4.74 Å². The van der Waals surface area contributed by atoms with E-state index in [1.54, 1.807) is 0 Å². The Hall–Kier alpha value is -1.51. The zero-order chi connectivity index (χ0) is 13.7. The summed E-state index contributed by atoms with van der Waals surface area (Å²) in [4.78, 5) is 0. The summed E-state index contributed by atoms with van der Waals surface area (Å²) in [7, 11) is 1.90. The van der Waals surface area contributed by atoms with Crippen molar-refractivity contribution in [2.75, 3.05) is 7.05 Å². The maximum absolute atomic E-state index is 6.20. The van der Waals surface area contributed by atoms with Gasteiger partial charge in [-0.15, -0.1) is 0 Å². The Bertz CT molecular complexity index is 554. The molecular weight excluding hydrogens is 258 g/mol. The van der Waals surface area contributed by atoms with Gasteiger partial charge in [0.1, 0.15) is 12.4 Å². The molecule has 2 nitrogen and oxygen atoms in total. The van der Waals surface area contributed by atoms with Crippen LogP contribution in [0.4, 0.5) is 0 Å². The molecule has 0 unspecified atom stereocenters. The molecule has 0 saturated carbocycles. The largest absolute Gasteiger partial charge is 0.489 e. The van der Waals surface area contributed by atoms with Gasteiger partial charge >= 0.3 is 0 Å². The molecule has 0 aliphatic heterocycles. The molecular formula is C16H18ClNO. The Morgan fingerprint density at radius 3 is 2.68 bits per heavy atom. The second kappa shape index (κ2) is 6.60. The number of nitrogens with one attached hydrogen (secondary N) is 1. The average Bonchev–Trinajstić information content (AvgIpc) is 2.40. The van der Waals surface area contributed by atoms with Crippen LogP contribution in [-0.4, -0.2) is 7.05 Å². The van der Waals surface area contributed by atoms with Crippen molar-refractivity contribution in [3.8, 4) is 5.75 Å². The molecule has 0 spiro atoms. The molecule has 0 fully saturated rings. The van der Waals surface area contributed by atoms with E-state index in [1.807, 2.05) is 31.3 Å². The standard InChI is InChI=1S/C16H18ClNO/c1-12-5-3-6-13(9-12)11-19-16-8-4-7-15(17)14(16)10-18-2/h3-9,18H,10-11H2,1-2H3. The van der Waals surface area contributed by atoms with Crippen molar-refractivity contribution in [3.63, 3.8) is 0 Å². The quantitative estimate of drug-likeness (QED) is 0.892. The Morgan fingerprint density at radius 1 is 1.16 bits per heavy atom. The van der Waals surface area contributed by atoms with Crippen molar-refractivity contribution in [2.45, 2.75) is 20.1 Å². The van der Waals surface area contributed by atoms with E-state index in [4.69, 9.17) is 16.3 Å². The molecule has 0 amide bonds. The van der Waals surface area contributed by atoms with Crippen LogP contribution >= 0.6 is 11.6 Å². The number of aryl methyl sites for hydroxylation is 1. The lowest BCUT2D eigenvalue weighted by atomic mass is 10.1. The average molecular weight is 276 g/mol. The first-order chi connectivity index (χ1) is 9.20. The van der Waals surface area contributed by atoms with Crippen molar-refractivity contribution in [1.29, 1.82) is 0 Å². The third kappa shape index (κ3) is 3.72. The lowest BCUT2D eigenvalue weighted by molar-refractivity contribution is 0.302. The maximum Gasteiger partial charge on any atom is 0.125 e. The second-order valence-corrected chi connectivity index (χ2v) is 4.93. The van der Waals surface area contributed by atoms with E-state index in [-0.39, 0.29) is 0 Å². The zero-order valence-corrected chi connectivity index (χ0v) is 12.0. The summed E-state index contributed by atoms with van der Waals surface area (Å²) >= 11 is 6.20. The summed E-state index contributed by atoms with van der Waals surface area (Å²) in [6.45, 7) is 3.33. The topological polar surface area (TPSA) is 21.3 Å². The molecule has 0 aromatic heterocycles. The van der Waals surface area contributed by atoms with Gasteiger partial charge in [0.05, 0.1) is 0 Å². The van der Waals surface area contributed by atoms with E-state index < -0.39 is 0 Å². The Kier molecular flexibility index (Phi) is 4.83. The van der Waals surface area contributed by atoms with Crippen molar-refractivity contribution in [1.82, 2.24) is 5.32 Å². The van der Waals surface area contributed by atoms with Crippen LogP contribution in [0, 0.1) is 6.92 Å². The third-order valence-electron chi connectivity index (χ3n) is 2.91. The molecule has 0 bridgehead atoms. The number of hydrogen-bond acceptors (Lipinski definition) is 2. The number of ether oxygens (including phenoxy) is 1. The van der Waals surface area contributed by atoms with Crippen LogP contribution in [0.5, 0.6) is 5.75 Å². The first kappa shape index (κ1) is 13.9. The van der Waals surface area contributed by atoms with Crippen molar-refractivity contribution in [2.24, 2.45) is 0 Å². The molecule has 0 heterocycles. The highest BCUT2D eigenvalue weighted by molar-refractivity contribution is 6.31. The van der Waals surface area contributed by atoms with E-state index >= 15 is 0 Å². The predicted molar refractivity (Wildman–Crippen MR) is 79.7 cm³/mol. The lowest BCUT2D eigenvalue weighted by Crippen LogP contribution is -2.08. The first-order valence-corrected chi connectivity index (χ1v) is 6.69. The molecule has 0 aliphatic carbocycles. The van der Waals surface area contributed by atoms with E-state index in [0.717, 1.165) is 21.9 Å². The number of rotatable bonds is 5. The Balaban J connectivity index is 2.13. The van der Waals surface area contributed by atoms with Gasteiger partial charge in [-0.25, -0.2) is 0 Å². The minimum absolute atomic E-state index is 0.554. The molecule has 0 radical (unpaired) electrons. The summed E-state index contributed by atoms with van der Waals surface area (Å²) in [5.74, 6) is 0.836. The minimum atomic E-state index is 0.554. The SMILES string of the molecule is CNCc1c(Cl)cccc1OCc1cccc(C)c1. The van der Waals surface area contributed by atoms with Crippen LogP contribution in [0.3, 0.4) is 0 Å². The fourth-order valence-corrected chi connectivity index (χ4v) is 2.22. The predicted octanol–water partition coefficient (Wildman–Crippen LogP) is 3.95. The molecule has 3 heteroatoms. The fraction of sp³-hybridized carbons (Fsp3) is 0.250. The van der Waals surface area contributed by atoms with Gasteiger partial charge in [0.15, 0.2) is 0 Å².